The van der Waals surface area contributed by atoms with Crippen LogP contribution in [0.2, 0.25) is 0 Å². The molecular weight excluding hydrogens is 257 g/mol. The first kappa shape index (κ1) is 8.86. The Bertz CT molecular complexity index is 29.9. The van der Waals surface area contributed by atoms with E-state index in [4.69, 9.17) is 15.3 Å². The monoisotopic (exact) mass is 259 g/mol. The van der Waals surface area contributed by atoms with Crippen molar-refractivity contribution in [2.75, 3.05) is 0 Å². The molecule has 0 saturated carbocycles. The summed E-state index contributed by atoms with van der Waals surface area (Å²) in [6, 6.07) is 0. The molecule has 0 aliphatic rings. The van der Waals surface area contributed by atoms with Crippen molar-refractivity contribution < 1.29 is 36.6 Å². The first-order valence-electron chi connectivity index (χ1n) is 0.583. The fourth-order valence-electron chi connectivity index (χ4n) is 0. The van der Waals surface area contributed by atoms with E-state index < -0.39 is 5.09 Å². The Balaban J connectivity index is 0. The summed E-state index contributed by atoms with van der Waals surface area (Å²) in [6.07, 6.45) is 0. The minimum absolute atomic E-state index is 0. The van der Waals surface area contributed by atoms with E-state index in [1.807, 2.05) is 0 Å². The minimum atomic E-state index is -1.25. The second-order valence-electron chi connectivity index (χ2n) is 0.253. The van der Waals surface area contributed by atoms with Gasteiger partial charge in [0.05, 0.1) is 0 Å². The van der Waals surface area contributed by atoms with Crippen molar-refractivity contribution in [1.82, 2.24) is 0 Å². The first-order valence-corrected chi connectivity index (χ1v) is 0.583. The molecule has 0 aromatic rings. The van der Waals surface area contributed by atoms with Gasteiger partial charge >= 0.3 is 5.09 Å². The Morgan fingerprint density at radius 2 is 1.40 bits per heavy atom. The summed E-state index contributed by atoms with van der Waals surface area (Å²) in [5.74, 6) is 0. The summed E-state index contributed by atoms with van der Waals surface area (Å²) < 4.78 is 0. The fraction of sp³-hybridized carbons (Fsp3) is 0. The third kappa shape index (κ3) is 1110. The molecule has 0 bridgehead atoms. The Morgan fingerprint density at radius 1 is 1.40 bits per heavy atom. The van der Waals surface area contributed by atoms with Crippen molar-refractivity contribution in [2.24, 2.45) is 0 Å². The van der Waals surface area contributed by atoms with E-state index in [1.165, 1.54) is 0 Å². The largest absolute Gasteiger partial charge is 0.472 e. The van der Waals surface area contributed by atoms with Gasteiger partial charge in [0.1, 0.15) is 4.91 Å². The van der Waals surface area contributed by atoms with E-state index in [9.17, 15) is 0 Å². The second-order valence-corrected chi connectivity index (χ2v) is 0.253. The molecule has 0 unspecified atom stereocenters. The fourth-order valence-corrected chi connectivity index (χ4v) is 0. The van der Waals surface area contributed by atoms with Crippen LogP contribution in [0.5, 0.6) is 0 Å². The van der Waals surface area contributed by atoms with Crippen LogP contribution in [0.25, 0.3) is 0 Å². The van der Waals surface area contributed by atoms with Gasteiger partial charge in [0.25, 0.3) is 0 Å². The molecule has 5 heavy (non-hydrogen) atoms. The van der Waals surface area contributed by atoms with Crippen molar-refractivity contribution in [3.05, 3.63) is 4.91 Å². The van der Waals surface area contributed by atoms with Gasteiger partial charge in [0, 0.05) is 21.1 Å². The standard InChI is InChI=1S/H2NO3.Pt/c2-1(3)4;/h(H2,2,3,4);/q+1;. The Morgan fingerprint density at radius 3 is 1.40 bits per heavy atom. The van der Waals surface area contributed by atoms with Crippen LogP contribution < -0.4 is 0 Å². The molecule has 0 aliphatic heterocycles. The van der Waals surface area contributed by atoms with Gasteiger partial charge in [-0.25, -0.2) is 10.4 Å². The van der Waals surface area contributed by atoms with Crippen molar-refractivity contribution in [3.8, 4) is 0 Å². The molecule has 0 saturated heterocycles. The second kappa shape index (κ2) is 3.89. The molecule has 0 aromatic heterocycles. The smallest absolute Gasteiger partial charge is 0.201 e. The SMILES string of the molecule is O=[N+](O)O.[Pt]. The zero-order valence-corrected chi connectivity index (χ0v) is 4.34. The molecule has 0 aliphatic carbocycles. The van der Waals surface area contributed by atoms with Crippen molar-refractivity contribution in [3.63, 3.8) is 0 Å². The third-order valence-corrected chi connectivity index (χ3v) is 0. The summed E-state index contributed by atoms with van der Waals surface area (Å²) in [7, 11) is 0. The molecule has 0 amide bonds. The van der Waals surface area contributed by atoms with Crippen LogP contribution in [0.1, 0.15) is 0 Å². The molecule has 34 valence electrons. The normalized spacial score (nSPS) is 4.80. The van der Waals surface area contributed by atoms with Crippen LogP contribution in [0, 0.1) is 4.91 Å². The van der Waals surface area contributed by atoms with E-state index in [0.29, 0.717) is 0 Å². The molecule has 0 aromatic carbocycles. The van der Waals surface area contributed by atoms with Crippen molar-refractivity contribution in [1.29, 1.82) is 0 Å². The Hall–Kier alpha value is -0.112. The molecule has 0 radical (unpaired) electrons. The molecule has 5 heteroatoms. The zero-order chi connectivity index (χ0) is 3.58. The summed E-state index contributed by atoms with van der Waals surface area (Å²) in [5, 5.41) is 12.5. The molecule has 0 fully saturated rings. The molecule has 0 rings (SSSR count). The van der Waals surface area contributed by atoms with Crippen molar-refractivity contribution >= 4 is 0 Å². The minimum Gasteiger partial charge on any atom is -0.201 e. The average molecular weight is 259 g/mol. The van der Waals surface area contributed by atoms with E-state index in [-0.39, 0.29) is 21.1 Å². The molecule has 0 heterocycles. The molecule has 0 atom stereocenters. The molecule has 4 nitrogen and oxygen atoms in total. The van der Waals surface area contributed by atoms with Gasteiger partial charge in [-0.05, 0) is 0 Å². The van der Waals surface area contributed by atoms with Gasteiger partial charge in [-0.1, -0.05) is 0 Å². The summed E-state index contributed by atoms with van der Waals surface area (Å²) in [6.45, 7) is 0. The predicted molar refractivity (Wildman–Crippen MR) is 7.20 cm³/mol. The van der Waals surface area contributed by atoms with Gasteiger partial charge in [0.2, 0.25) is 0 Å². The van der Waals surface area contributed by atoms with E-state index in [1.54, 1.807) is 0 Å². The van der Waals surface area contributed by atoms with Gasteiger partial charge in [0.15, 0.2) is 0 Å². The third-order valence-electron chi connectivity index (χ3n) is 0. The maximum atomic E-state index is 8.47. The van der Waals surface area contributed by atoms with Gasteiger partial charge in [-0.2, -0.15) is 0 Å². The maximum absolute atomic E-state index is 8.47. The number of hydrogen-bond acceptors (Lipinski definition) is 1. The van der Waals surface area contributed by atoms with Crippen LogP contribution in [-0.2, 0) is 21.1 Å². The summed E-state index contributed by atoms with van der Waals surface area (Å²) in [5.41, 5.74) is 0. The van der Waals surface area contributed by atoms with Crippen LogP contribution in [0.15, 0.2) is 0 Å². The van der Waals surface area contributed by atoms with Crippen LogP contribution in [-0.4, -0.2) is 15.5 Å². The van der Waals surface area contributed by atoms with Crippen LogP contribution in [0.3, 0.4) is 0 Å². The number of hydrogen-bond donors (Lipinski definition) is 2. The quantitative estimate of drug-likeness (QED) is 0.579. The average Bonchev–Trinajstić information content (AvgIpc) is 0.811. The van der Waals surface area contributed by atoms with Gasteiger partial charge < -0.3 is 0 Å². The topological polar surface area (TPSA) is 60.5 Å². The Labute approximate surface area is 42.2 Å². The van der Waals surface area contributed by atoms with Crippen LogP contribution >= 0.6 is 0 Å². The molecule has 0 spiro atoms. The van der Waals surface area contributed by atoms with Gasteiger partial charge in [-0.15, -0.1) is 0 Å². The maximum Gasteiger partial charge on any atom is 0.472 e. The zero-order valence-electron chi connectivity index (χ0n) is 2.07. The number of rotatable bonds is 0. The first-order chi connectivity index (χ1) is 1.73. The van der Waals surface area contributed by atoms with E-state index in [2.05, 4.69) is 0 Å². The van der Waals surface area contributed by atoms with Crippen LogP contribution in [0.4, 0.5) is 0 Å². The van der Waals surface area contributed by atoms with Gasteiger partial charge in [-0.3, -0.25) is 0 Å². The van der Waals surface area contributed by atoms with E-state index in [0.717, 1.165) is 0 Å². The molecule has 2 N–H and O–H groups in total. The summed E-state index contributed by atoms with van der Waals surface area (Å²) >= 11 is 0. The number of nitrogens with zero attached hydrogens (tertiary/aromatic N) is 1. The summed E-state index contributed by atoms with van der Waals surface area (Å²) in [4.78, 5) is 8.47. The van der Waals surface area contributed by atoms with Crippen molar-refractivity contribution in [2.45, 2.75) is 0 Å². The van der Waals surface area contributed by atoms with E-state index >= 15 is 0 Å². The molecular formula is H2NO3Pt+. The predicted octanol–water partition coefficient (Wildman–Crippen LogP) is -0.459. The Kier molecular flexibility index (Phi) is 6.89.